The number of rotatable bonds is 11. The highest BCUT2D eigenvalue weighted by atomic mass is 16.5. The Morgan fingerprint density at radius 3 is 2.50 bits per heavy atom. The van der Waals surface area contributed by atoms with Crippen LogP contribution in [0.25, 0.3) is 11.0 Å². The Balaban J connectivity index is 1.41. The highest BCUT2D eigenvalue weighted by Gasteiger charge is 2.19. The van der Waals surface area contributed by atoms with Crippen molar-refractivity contribution in [3.05, 3.63) is 89.7 Å². The molecule has 188 valence electrons. The van der Waals surface area contributed by atoms with E-state index in [9.17, 15) is 4.79 Å². The van der Waals surface area contributed by atoms with Crippen molar-refractivity contribution in [1.82, 2.24) is 14.9 Å². The van der Waals surface area contributed by atoms with Crippen molar-refractivity contribution in [2.45, 2.75) is 52.6 Å². The van der Waals surface area contributed by atoms with Crippen molar-refractivity contribution in [3.63, 3.8) is 0 Å². The highest BCUT2D eigenvalue weighted by molar-refractivity contribution is 5.79. The molecule has 6 heteroatoms. The van der Waals surface area contributed by atoms with Gasteiger partial charge in [-0.15, -0.1) is 0 Å². The number of hydrogen-bond donors (Lipinski definition) is 1. The van der Waals surface area contributed by atoms with Gasteiger partial charge in [-0.1, -0.05) is 56.3 Å². The monoisotopic (exact) mass is 485 g/mol. The van der Waals surface area contributed by atoms with Crippen molar-refractivity contribution >= 4 is 16.9 Å². The van der Waals surface area contributed by atoms with Gasteiger partial charge in [0.15, 0.2) is 6.61 Å². The number of nitrogens with one attached hydrogen (secondary N) is 1. The minimum Gasteiger partial charge on any atom is -0.493 e. The number of hydrogen-bond acceptors (Lipinski definition) is 4. The fraction of sp³-hybridized carbons (Fsp3) is 0.333. The summed E-state index contributed by atoms with van der Waals surface area (Å²) in [7, 11) is 0. The van der Waals surface area contributed by atoms with E-state index in [1.807, 2.05) is 55.5 Å². The van der Waals surface area contributed by atoms with Crippen molar-refractivity contribution in [3.8, 4) is 11.5 Å². The van der Waals surface area contributed by atoms with E-state index in [2.05, 4.69) is 54.9 Å². The molecule has 1 N–H and O–H groups in total. The molecule has 0 fully saturated rings. The van der Waals surface area contributed by atoms with E-state index in [1.165, 1.54) is 11.1 Å². The fourth-order valence-electron chi connectivity index (χ4n) is 4.32. The van der Waals surface area contributed by atoms with Gasteiger partial charge in [0.2, 0.25) is 0 Å². The number of fused-ring (bicyclic) bond motifs is 1. The van der Waals surface area contributed by atoms with Crippen LogP contribution in [0.3, 0.4) is 0 Å². The minimum atomic E-state index is -0.269. The van der Waals surface area contributed by atoms with Crippen LogP contribution in [0.1, 0.15) is 56.1 Å². The molecule has 1 amide bonds. The van der Waals surface area contributed by atoms with Gasteiger partial charge < -0.3 is 19.4 Å². The van der Waals surface area contributed by atoms with Crippen LogP contribution in [0.2, 0.25) is 0 Å². The van der Waals surface area contributed by atoms with Crippen LogP contribution in [-0.2, 0) is 11.3 Å². The number of carbonyl (C=O) groups excluding carboxylic acids is 1. The van der Waals surface area contributed by atoms with E-state index < -0.39 is 0 Å². The molecule has 0 aliphatic heterocycles. The topological polar surface area (TPSA) is 65.4 Å². The molecule has 1 unspecified atom stereocenters. The number of para-hydroxylation sites is 3. The third-order valence-electron chi connectivity index (χ3n) is 6.14. The van der Waals surface area contributed by atoms with E-state index in [0.717, 1.165) is 35.6 Å². The predicted molar refractivity (Wildman–Crippen MR) is 144 cm³/mol. The number of amides is 1. The number of benzene rings is 3. The number of nitrogens with zero attached hydrogens (tertiary/aromatic N) is 2. The van der Waals surface area contributed by atoms with Gasteiger partial charge in [0.05, 0.1) is 23.7 Å². The van der Waals surface area contributed by atoms with Crippen LogP contribution < -0.4 is 14.8 Å². The fourth-order valence-corrected chi connectivity index (χ4v) is 4.32. The van der Waals surface area contributed by atoms with E-state index in [4.69, 9.17) is 14.5 Å². The van der Waals surface area contributed by atoms with Crippen LogP contribution >= 0.6 is 0 Å². The molecule has 0 radical (unpaired) electrons. The quantitative estimate of drug-likeness (QED) is 0.257. The van der Waals surface area contributed by atoms with Crippen LogP contribution in [0.5, 0.6) is 11.5 Å². The van der Waals surface area contributed by atoms with E-state index >= 15 is 0 Å². The summed E-state index contributed by atoms with van der Waals surface area (Å²) in [5, 5.41) is 3.03. The lowest BCUT2D eigenvalue weighted by Crippen LogP contribution is -2.32. The van der Waals surface area contributed by atoms with Gasteiger partial charge in [-0.25, -0.2) is 4.98 Å². The Morgan fingerprint density at radius 1 is 0.972 bits per heavy atom. The molecule has 1 heterocycles. The van der Waals surface area contributed by atoms with E-state index in [-0.39, 0.29) is 18.6 Å². The van der Waals surface area contributed by atoms with Gasteiger partial charge in [0.1, 0.15) is 17.3 Å². The first-order chi connectivity index (χ1) is 17.4. The molecule has 1 aromatic heterocycles. The summed E-state index contributed by atoms with van der Waals surface area (Å²) in [5.74, 6) is 2.67. The van der Waals surface area contributed by atoms with Gasteiger partial charge in [0.25, 0.3) is 5.91 Å². The van der Waals surface area contributed by atoms with Crippen molar-refractivity contribution in [2.75, 3.05) is 13.2 Å². The summed E-state index contributed by atoms with van der Waals surface area (Å²) in [6.45, 7) is 9.69. The second-order valence-corrected chi connectivity index (χ2v) is 9.40. The van der Waals surface area contributed by atoms with Gasteiger partial charge in [0, 0.05) is 6.54 Å². The Hall–Kier alpha value is -3.80. The molecule has 3 aromatic carbocycles. The number of carbonyl (C=O) groups is 1. The number of aromatic nitrogens is 2. The second kappa shape index (κ2) is 11.8. The smallest absolute Gasteiger partial charge is 0.258 e. The first-order valence-electron chi connectivity index (χ1n) is 12.6. The molecule has 0 bridgehead atoms. The first kappa shape index (κ1) is 25.3. The summed E-state index contributed by atoms with van der Waals surface area (Å²) in [4.78, 5) is 17.4. The largest absolute Gasteiger partial charge is 0.493 e. The lowest BCUT2D eigenvalue weighted by molar-refractivity contribution is -0.123. The molecule has 0 saturated heterocycles. The predicted octanol–water partition coefficient (Wildman–Crippen LogP) is 6.19. The summed E-state index contributed by atoms with van der Waals surface area (Å²) in [5.41, 5.74) is 4.38. The normalized spacial score (nSPS) is 12.0. The lowest BCUT2D eigenvalue weighted by atomic mass is 10.0. The van der Waals surface area contributed by atoms with Crippen molar-refractivity contribution in [1.29, 1.82) is 0 Å². The van der Waals surface area contributed by atoms with Crippen LogP contribution in [0.15, 0.2) is 72.8 Å². The van der Waals surface area contributed by atoms with Gasteiger partial charge in [-0.05, 0) is 67.6 Å². The third kappa shape index (κ3) is 6.25. The molecule has 1 atom stereocenters. The zero-order valence-electron chi connectivity index (χ0n) is 21.5. The minimum absolute atomic E-state index is 0.0445. The summed E-state index contributed by atoms with van der Waals surface area (Å²) < 4.78 is 14.0. The third-order valence-corrected chi connectivity index (χ3v) is 6.14. The molecule has 6 nitrogen and oxygen atoms in total. The molecule has 0 aliphatic rings. The molecule has 0 spiro atoms. The molecular formula is C30H35N3O3. The SMILES string of the molecule is Cc1ccc(C(C)C)c(OCCCn2c(C(C)NC(=O)COc3ccccc3)nc3ccccc32)c1. The van der Waals surface area contributed by atoms with Gasteiger partial charge >= 0.3 is 0 Å². The maximum Gasteiger partial charge on any atom is 0.258 e. The average Bonchev–Trinajstić information content (AvgIpc) is 3.24. The van der Waals surface area contributed by atoms with Gasteiger partial charge in [-0.3, -0.25) is 4.79 Å². The number of aryl methyl sites for hydroxylation is 2. The standard InChI is InChI=1S/C30H35N3O3/c1-21(2)25-16-15-22(3)19-28(25)35-18-10-17-33-27-14-9-8-13-26(27)32-30(33)23(4)31-29(34)20-36-24-11-6-5-7-12-24/h5-9,11-16,19,21,23H,10,17-18,20H2,1-4H3,(H,31,34). The molecule has 4 rings (SSSR count). The van der Waals surface area contributed by atoms with Crippen LogP contribution in [-0.4, -0.2) is 28.7 Å². The second-order valence-electron chi connectivity index (χ2n) is 9.40. The van der Waals surface area contributed by atoms with Crippen LogP contribution in [0.4, 0.5) is 0 Å². The van der Waals surface area contributed by atoms with Crippen molar-refractivity contribution < 1.29 is 14.3 Å². The van der Waals surface area contributed by atoms with Crippen LogP contribution in [0, 0.1) is 6.92 Å². The van der Waals surface area contributed by atoms with E-state index in [0.29, 0.717) is 18.3 Å². The maximum absolute atomic E-state index is 12.6. The number of imidazole rings is 1. The summed E-state index contributed by atoms with van der Waals surface area (Å²) >= 11 is 0. The highest BCUT2D eigenvalue weighted by Crippen LogP contribution is 2.28. The Bertz CT molecular complexity index is 1300. The molecule has 0 saturated carbocycles. The maximum atomic E-state index is 12.6. The van der Waals surface area contributed by atoms with E-state index in [1.54, 1.807) is 0 Å². The zero-order chi connectivity index (χ0) is 25.5. The Morgan fingerprint density at radius 2 is 1.72 bits per heavy atom. The summed E-state index contributed by atoms with van der Waals surface area (Å²) in [6.07, 6.45) is 0.816. The zero-order valence-corrected chi connectivity index (χ0v) is 21.5. The summed E-state index contributed by atoms with van der Waals surface area (Å²) in [6, 6.07) is 23.5. The molecule has 36 heavy (non-hydrogen) atoms. The first-order valence-corrected chi connectivity index (χ1v) is 12.6. The molecule has 4 aromatic rings. The molecular weight excluding hydrogens is 450 g/mol. The van der Waals surface area contributed by atoms with Gasteiger partial charge in [-0.2, -0.15) is 0 Å². The Kier molecular flexibility index (Phi) is 8.26. The van der Waals surface area contributed by atoms with Crippen molar-refractivity contribution in [2.24, 2.45) is 0 Å². The lowest BCUT2D eigenvalue weighted by Gasteiger charge is -2.18. The Labute approximate surface area is 213 Å². The average molecular weight is 486 g/mol. The molecule has 0 aliphatic carbocycles. The number of ether oxygens (including phenoxy) is 2.